The van der Waals surface area contributed by atoms with E-state index in [0.29, 0.717) is 0 Å². The van der Waals surface area contributed by atoms with E-state index in [4.69, 9.17) is 11.0 Å². The third-order valence-electron chi connectivity index (χ3n) is 6.06. The molecule has 2 N–H and O–H groups in total. The number of carbonyl (C=O) groups excluding carboxylic acids is 1. The zero-order valence-corrected chi connectivity index (χ0v) is 12.3. The zero-order chi connectivity index (χ0) is 14.3. The van der Waals surface area contributed by atoms with E-state index in [1.54, 1.807) is 0 Å². The standard InChI is InChI=1S/C17H24N2O/c1-10(16(9-18)17(19)20)2-3-15-13-5-11-4-12(7-13)8-14(15)6-11/h11-15H,2-8H2,1H3,(H2,19,20)/b16-10+. The third-order valence-corrected chi connectivity index (χ3v) is 6.06. The SMILES string of the molecule is C/C(CCC1C2CC3CC(C2)CC1C3)=C(/C#N)C(N)=O. The summed E-state index contributed by atoms with van der Waals surface area (Å²) in [5.74, 6) is 4.09. The molecule has 0 spiro atoms. The maximum atomic E-state index is 11.2. The van der Waals surface area contributed by atoms with Crippen LogP contribution in [0.5, 0.6) is 0 Å². The topological polar surface area (TPSA) is 66.9 Å². The van der Waals surface area contributed by atoms with Crippen LogP contribution in [-0.4, -0.2) is 5.91 Å². The number of amides is 1. The molecule has 0 unspecified atom stereocenters. The summed E-state index contributed by atoms with van der Waals surface area (Å²) < 4.78 is 0. The largest absolute Gasteiger partial charge is 0.365 e. The molecule has 0 atom stereocenters. The average Bonchev–Trinajstić information content (AvgIpc) is 2.37. The van der Waals surface area contributed by atoms with Crippen LogP contribution in [0.4, 0.5) is 0 Å². The Morgan fingerprint density at radius 2 is 1.70 bits per heavy atom. The molecule has 3 heteroatoms. The van der Waals surface area contributed by atoms with Crippen molar-refractivity contribution in [3.05, 3.63) is 11.1 Å². The highest BCUT2D eigenvalue weighted by Gasteiger charge is 2.47. The molecule has 0 saturated heterocycles. The molecule has 4 aliphatic carbocycles. The van der Waals surface area contributed by atoms with E-state index in [1.165, 1.54) is 32.1 Å². The van der Waals surface area contributed by atoms with E-state index in [1.807, 2.05) is 13.0 Å². The third kappa shape index (κ3) is 2.37. The highest BCUT2D eigenvalue weighted by molar-refractivity contribution is 5.96. The molecule has 0 aromatic heterocycles. The minimum absolute atomic E-state index is 0.175. The first-order valence-electron chi connectivity index (χ1n) is 7.98. The average molecular weight is 272 g/mol. The molecule has 1 amide bonds. The van der Waals surface area contributed by atoms with E-state index in [-0.39, 0.29) is 5.57 Å². The quantitative estimate of drug-likeness (QED) is 0.631. The van der Waals surface area contributed by atoms with Gasteiger partial charge in [-0.1, -0.05) is 0 Å². The molecule has 20 heavy (non-hydrogen) atoms. The fourth-order valence-corrected chi connectivity index (χ4v) is 5.38. The van der Waals surface area contributed by atoms with Gasteiger partial charge in [0.2, 0.25) is 0 Å². The van der Waals surface area contributed by atoms with Crippen LogP contribution in [0.15, 0.2) is 11.1 Å². The van der Waals surface area contributed by atoms with Crippen molar-refractivity contribution < 1.29 is 4.79 Å². The maximum Gasteiger partial charge on any atom is 0.259 e. The lowest BCUT2D eigenvalue weighted by Gasteiger charge is -2.54. The van der Waals surface area contributed by atoms with E-state index in [2.05, 4.69) is 0 Å². The monoisotopic (exact) mass is 272 g/mol. The Morgan fingerprint density at radius 3 is 2.15 bits per heavy atom. The van der Waals surface area contributed by atoms with Gasteiger partial charge in [-0.05, 0) is 87.0 Å². The van der Waals surface area contributed by atoms with Crippen LogP contribution in [0.25, 0.3) is 0 Å². The summed E-state index contributed by atoms with van der Waals surface area (Å²) in [7, 11) is 0. The smallest absolute Gasteiger partial charge is 0.259 e. The number of allylic oxidation sites excluding steroid dienone is 1. The second kappa shape index (κ2) is 5.24. The summed E-state index contributed by atoms with van der Waals surface area (Å²) in [6.45, 7) is 1.89. The summed E-state index contributed by atoms with van der Waals surface area (Å²) in [6.07, 6.45) is 9.21. The van der Waals surface area contributed by atoms with Gasteiger partial charge in [-0.25, -0.2) is 0 Å². The molecule has 0 aromatic rings. The summed E-state index contributed by atoms with van der Waals surface area (Å²) >= 11 is 0. The molecule has 4 fully saturated rings. The van der Waals surface area contributed by atoms with Crippen molar-refractivity contribution in [1.29, 1.82) is 5.26 Å². The summed E-state index contributed by atoms with van der Waals surface area (Å²) in [5.41, 5.74) is 6.31. The van der Waals surface area contributed by atoms with Crippen LogP contribution >= 0.6 is 0 Å². The van der Waals surface area contributed by atoms with Crippen LogP contribution in [0, 0.1) is 40.9 Å². The summed E-state index contributed by atoms with van der Waals surface area (Å²) in [6, 6.07) is 1.96. The van der Waals surface area contributed by atoms with Gasteiger partial charge in [0, 0.05) is 0 Å². The van der Waals surface area contributed by atoms with Crippen molar-refractivity contribution in [2.24, 2.45) is 35.3 Å². The molecule has 4 bridgehead atoms. The Bertz CT molecular complexity index is 458. The van der Waals surface area contributed by atoms with Crippen molar-refractivity contribution >= 4 is 5.91 Å². The Labute approximate surface area is 121 Å². The normalized spacial score (nSPS) is 39.3. The van der Waals surface area contributed by atoms with Gasteiger partial charge in [0.15, 0.2) is 0 Å². The van der Waals surface area contributed by atoms with E-state index >= 15 is 0 Å². The van der Waals surface area contributed by atoms with Gasteiger partial charge in [-0.3, -0.25) is 4.79 Å². The fourth-order valence-electron chi connectivity index (χ4n) is 5.38. The number of nitriles is 1. The van der Waals surface area contributed by atoms with Crippen LogP contribution < -0.4 is 5.73 Å². The number of hydrogen-bond acceptors (Lipinski definition) is 2. The van der Waals surface area contributed by atoms with Crippen molar-refractivity contribution in [3.8, 4) is 6.07 Å². The van der Waals surface area contributed by atoms with Gasteiger partial charge in [0.1, 0.15) is 11.6 Å². The molecule has 0 heterocycles. The molecule has 0 aromatic carbocycles. The minimum Gasteiger partial charge on any atom is -0.365 e. The van der Waals surface area contributed by atoms with Crippen LogP contribution in [0.3, 0.4) is 0 Å². The van der Waals surface area contributed by atoms with Crippen molar-refractivity contribution in [2.75, 3.05) is 0 Å². The predicted octanol–water partition coefficient (Wildman–Crippen LogP) is 3.16. The van der Waals surface area contributed by atoms with E-state index in [0.717, 1.165) is 48.0 Å². The van der Waals surface area contributed by atoms with Gasteiger partial charge in [-0.15, -0.1) is 0 Å². The maximum absolute atomic E-state index is 11.2. The van der Waals surface area contributed by atoms with Gasteiger partial charge in [-0.2, -0.15) is 5.26 Å². The predicted molar refractivity (Wildman–Crippen MR) is 77.3 cm³/mol. The zero-order valence-electron chi connectivity index (χ0n) is 12.3. The molecule has 3 nitrogen and oxygen atoms in total. The lowest BCUT2D eigenvalue weighted by molar-refractivity contribution is -0.114. The van der Waals surface area contributed by atoms with E-state index in [9.17, 15) is 4.79 Å². The van der Waals surface area contributed by atoms with Crippen LogP contribution in [-0.2, 0) is 4.79 Å². The molecule has 4 saturated carbocycles. The molecule has 4 aliphatic rings. The van der Waals surface area contributed by atoms with Crippen LogP contribution in [0.1, 0.15) is 51.9 Å². The van der Waals surface area contributed by atoms with Gasteiger partial charge in [0.25, 0.3) is 5.91 Å². The highest BCUT2D eigenvalue weighted by atomic mass is 16.1. The van der Waals surface area contributed by atoms with Crippen molar-refractivity contribution in [3.63, 3.8) is 0 Å². The van der Waals surface area contributed by atoms with Gasteiger partial charge < -0.3 is 5.73 Å². The Morgan fingerprint density at radius 1 is 1.15 bits per heavy atom. The lowest BCUT2D eigenvalue weighted by atomic mass is 9.51. The molecule has 108 valence electrons. The molecular formula is C17H24N2O. The Balaban J connectivity index is 1.65. The Hall–Kier alpha value is -1.30. The van der Waals surface area contributed by atoms with Gasteiger partial charge in [0.05, 0.1) is 0 Å². The summed E-state index contributed by atoms with van der Waals surface area (Å²) in [5, 5.41) is 9.00. The molecule has 4 rings (SSSR count). The Kier molecular flexibility index (Phi) is 3.58. The number of primary amides is 1. The first-order chi connectivity index (χ1) is 9.58. The van der Waals surface area contributed by atoms with Crippen molar-refractivity contribution in [1.82, 2.24) is 0 Å². The number of nitrogens with two attached hydrogens (primary N) is 1. The second-order valence-electron chi connectivity index (χ2n) is 7.26. The van der Waals surface area contributed by atoms with Crippen molar-refractivity contribution in [2.45, 2.75) is 51.9 Å². The highest BCUT2D eigenvalue weighted by Crippen LogP contribution is 2.57. The summed E-state index contributed by atoms with van der Waals surface area (Å²) in [4.78, 5) is 11.2. The van der Waals surface area contributed by atoms with Crippen LogP contribution in [0.2, 0.25) is 0 Å². The number of rotatable bonds is 4. The first kappa shape index (κ1) is 13.7. The molecule has 0 radical (unpaired) electrons. The molecular weight excluding hydrogens is 248 g/mol. The fraction of sp³-hybridized carbons (Fsp3) is 0.765. The molecule has 0 aliphatic heterocycles. The lowest BCUT2D eigenvalue weighted by Crippen LogP contribution is -2.45. The second-order valence-corrected chi connectivity index (χ2v) is 7.26. The van der Waals surface area contributed by atoms with Gasteiger partial charge >= 0.3 is 0 Å². The minimum atomic E-state index is -0.574. The number of carbonyl (C=O) groups is 1. The first-order valence-corrected chi connectivity index (χ1v) is 7.98. The number of hydrogen-bond donors (Lipinski definition) is 1. The number of nitrogens with zero attached hydrogens (tertiary/aromatic N) is 1. The van der Waals surface area contributed by atoms with E-state index < -0.39 is 5.91 Å².